The van der Waals surface area contributed by atoms with E-state index in [0.29, 0.717) is 0 Å². The average molecular weight is 426 g/mol. The molecule has 0 N–H and O–H groups in total. The van der Waals surface area contributed by atoms with Crippen LogP contribution >= 0.6 is 15.6 Å². The van der Waals surface area contributed by atoms with Crippen molar-refractivity contribution in [3.05, 3.63) is 0 Å². The fourth-order valence-corrected chi connectivity index (χ4v) is 0. The van der Waals surface area contributed by atoms with Crippen molar-refractivity contribution in [2.24, 2.45) is 0 Å². The van der Waals surface area contributed by atoms with E-state index < -0.39 is 15.6 Å². The molecule has 66 valence electrons. The first-order chi connectivity index (χ1) is 4.00. The first-order valence-electron chi connectivity index (χ1n) is 1.46. The Morgan fingerprint density at radius 2 is 0.500 bits per heavy atom. The molecule has 0 aromatic rings. The van der Waals surface area contributed by atoms with Gasteiger partial charge in [-0.3, -0.25) is 0 Å². The Hall–Kier alpha value is 10.0. The Labute approximate surface area is 350 Å². The summed E-state index contributed by atoms with van der Waals surface area (Å²) in [5, 5.41) is 0. The van der Waals surface area contributed by atoms with Gasteiger partial charge in [-0.2, -0.15) is 15.6 Å². The third kappa shape index (κ3) is 127. The molecule has 0 bridgehead atoms. The van der Waals surface area contributed by atoms with Crippen LogP contribution in [0.15, 0.2) is 0 Å². The second-order valence-corrected chi connectivity index (χ2v) is 2.68. The zero-order valence-corrected chi connectivity index (χ0v) is 30.7. The quantitative estimate of drug-likeness (QED) is 0.272. The maximum Gasteiger partial charge on any atom is 1.00 e. The first-order valence-corrected chi connectivity index (χ1v) is 4.38. The molecule has 0 amide bonds. The van der Waals surface area contributed by atoms with E-state index in [1.807, 2.05) is 0 Å². The van der Waals surface area contributed by atoms with Crippen LogP contribution in [-0.2, 0) is 9.13 Å². The maximum atomic E-state index is 8.55. The van der Waals surface area contributed by atoms with E-state index in [2.05, 4.69) is 0 Å². The molecule has 0 aromatic heterocycles. The van der Waals surface area contributed by atoms with Crippen molar-refractivity contribution >= 4 is 15.6 Å². The molecule has 0 aliphatic heterocycles. The number of hydrogen-bond donors (Lipinski definition) is 0. The van der Waals surface area contributed by atoms with Crippen molar-refractivity contribution in [2.45, 2.75) is 0 Å². The number of hydrogen-bond acceptors (Lipinski definition) is 8. The van der Waals surface area contributed by atoms with E-state index in [9.17, 15) is 0 Å². The Balaban J connectivity index is -0.00000000762. The molecule has 0 unspecified atom stereocenters. The van der Waals surface area contributed by atoms with Crippen molar-refractivity contribution in [1.29, 1.82) is 0 Å². The molecule has 0 rings (SSSR count). The van der Waals surface area contributed by atoms with Gasteiger partial charge in [0.2, 0.25) is 0 Å². The Morgan fingerprint density at radius 3 is 0.500 bits per heavy atom. The normalized spacial score (nSPS) is 7.38. The molecule has 16 heavy (non-hydrogen) atoms. The largest absolute Gasteiger partial charge is 1.00 e. The van der Waals surface area contributed by atoms with Gasteiger partial charge in [-0.05, 0) is 0 Å². The maximum absolute atomic E-state index is 8.55. The van der Waals surface area contributed by atoms with E-state index in [-0.39, 0.29) is 310 Å². The van der Waals surface area contributed by atoms with Crippen molar-refractivity contribution in [3.8, 4) is 0 Å². The summed E-state index contributed by atoms with van der Waals surface area (Å²) in [6, 6.07) is 0. The Morgan fingerprint density at radius 1 is 0.500 bits per heavy atom. The van der Waals surface area contributed by atoms with Gasteiger partial charge < -0.3 is 39.9 Å². The summed E-state index contributed by atoms with van der Waals surface area (Å²) in [4.78, 5) is 51.3. The molecule has 0 saturated heterocycles. The number of rotatable bonds is 0. The van der Waals surface area contributed by atoms with Crippen LogP contribution in [0.3, 0.4) is 0 Å². The van der Waals surface area contributed by atoms with Gasteiger partial charge in [0.05, 0.1) is 0 Å². The van der Waals surface area contributed by atoms with Gasteiger partial charge in [0, 0.05) is 0 Å². The molecular weight excluding hydrogens is 425 g/mol. The van der Waals surface area contributed by atoms with Gasteiger partial charge in [-0.25, -0.2) is 0 Å². The van der Waals surface area contributed by atoms with E-state index in [0.717, 1.165) is 0 Å². The minimum absolute atomic E-state index is 0. The van der Waals surface area contributed by atoms with Crippen molar-refractivity contribution in [3.63, 3.8) is 0 Å². The van der Waals surface area contributed by atoms with E-state index in [1.54, 1.807) is 0 Å². The van der Waals surface area contributed by atoms with Crippen molar-refractivity contribution < 1.29 is 348 Å². The van der Waals surface area contributed by atoms with Crippen LogP contribution in [-0.4, -0.2) is 0 Å². The summed E-state index contributed by atoms with van der Waals surface area (Å²) >= 11 is 0. The topological polar surface area (TPSA) is 172 Å². The summed E-state index contributed by atoms with van der Waals surface area (Å²) in [6.45, 7) is 0. The van der Waals surface area contributed by atoms with E-state index in [4.69, 9.17) is 38.5 Å². The Bertz CT molecular complexity index is 140. The minimum Gasteiger partial charge on any atom is -1.00 e. The second-order valence-electron chi connectivity index (χ2n) is 0.894. The zero-order chi connectivity index (χ0) is 9.00. The second kappa shape index (κ2) is 29.8. The molecule has 8 nitrogen and oxygen atoms in total. The van der Waals surface area contributed by atoms with Gasteiger partial charge in [0.25, 0.3) is 0 Å². The van der Waals surface area contributed by atoms with Crippen LogP contribution in [0.2, 0.25) is 0 Å². The third-order valence-electron chi connectivity index (χ3n) is 0. The molecule has 0 saturated carbocycles. The monoisotopic (exact) mass is 425 g/mol. The molecule has 0 atom stereocenters. The van der Waals surface area contributed by atoms with Crippen LogP contribution in [0.5, 0.6) is 0 Å². The summed E-state index contributed by atoms with van der Waals surface area (Å²) < 4.78 is 17.1. The summed E-state index contributed by atoms with van der Waals surface area (Å²) in [5.74, 6) is 0. The number of phosphoric acid groups is 2. The predicted octanol–water partition coefficient (Wildman–Crippen LogP) is -23.5. The predicted molar refractivity (Wildman–Crippen MR) is 16.3 cm³/mol. The molecule has 0 spiro atoms. The molecule has 0 aromatic carbocycles. The van der Waals surface area contributed by atoms with Crippen LogP contribution in [0, 0.1) is 0 Å². The van der Waals surface area contributed by atoms with Gasteiger partial charge in [0.15, 0.2) is 0 Å². The van der Waals surface area contributed by atoms with Gasteiger partial charge >= 0.3 is 308 Å². The summed E-state index contributed by atoms with van der Waals surface area (Å²) in [6.07, 6.45) is 0. The average Bonchev–Trinajstić information content (AvgIpc) is 1.12. The summed E-state index contributed by atoms with van der Waals surface area (Å²) in [7, 11) is -10.8. The van der Waals surface area contributed by atoms with Crippen molar-refractivity contribution in [1.82, 2.24) is 0 Å². The molecule has 0 heterocycles. The summed E-state index contributed by atoms with van der Waals surface area (Å²) in [5.41, 5.74) is 0. The van der Waals surface area contributed by atoms with E-state index in [1.165, 1.54) is 0 Å². The van der Waals surface area contributed by atoms with Gasteiger partial charge in [-0.15, -0.1) is 0 Å². The molecule has 0 aliphatic rings. The van der Waals surface area contributed by atoms with Crippen LogP contribution in [0.25, 0.3) is 0 Å². The minimum atomic E-state index is -5.39. The fourth-order valence-electron chi connectivity index (χ4n) is 0. The molecule has 16 heteroatoms. The molecule has 0 aliphatic carbocycles. The third-order valence-corrected chi connectivity index (χ3v) is 0. The van der Waals surface area contributed by atoms with Crippen molar-refractivity contribution in [2.75, 3.05) is 0 Å². The molecular formula is HK6O8P2-. The van der Waals surface area contributed by atoms with Crippen LogP contribution in [0.1, 0.15) is 1.43 Å². The Kier molecular flexibility index (Phi) is 93.4. The SMILES string of the molecule is O=P([O-])([O-])[O-].O=P([O-])([O-])[O-].[H-].[K+].[K+].[K+].[K+].[K+].[K+]. The van der Waals surface area contributed by atoms with Crippen LogP contribution in [0.4, 0.5) is 0 Å². The standard InChI is InChI=1S/6K.2H3O4P.H/c;;;;;;2*1-5(2,3)4;/h;;;;;;2*(H3,1,2,3,4);/q6*+1;;;-1/p-6. The van der Waals surface area contributed by atoms with E-state index >= 15 is 0 Å². The molecule has 0 radical (unpaired) electrons. The first kappa shape index (κ1) is 50.2. The molecule has 0 fully saturated rings. The fraction of sp³-hybridized carbons (Fsp3) is 0. The van der Waals surface area contributed by atoms with Gasteiger partial charge in [0.1, 0.15) is 0 Å². The zero-order valence-electron chi connectivity index (χ0n) is 11.2. The smallest absolute Gasteiger partial charge is 1.00 e. The van der Waals surface area contributed by atoms with Crippen LogP contribution < -0.4 is 338 Å². The van der Waals surface area contributed by atoms with Gasteiger partial charge in [-0.1, -0.05) is 0 Å².